The van der Waals surface area contributed by atoms with Crippen LogP contribution < -0.4 is 9.47 Å². The second-order valence-corrected chi connectivity index (χ2v) is 7.34. The Morgan fingerprint density at radius 2 is 1.48 bits per heavy atom. The van der Waals surface area contributed by atoms with E-state index < -0.39 is 12.2 Å². The lowest BCUT2D eigenvalue weighted by molar-refractivity contribution is 0.0212. The van der Waals surface area contributed by atoms with E-state index in [0.29, 0.717) is 22.6 Å². The van der Waals surface area contributed by atoms with Crippen LogP contribution in [0.4, 0.5) is 0 Å². The summed E-state index contributed by atoms with van der Waals surface area (Å²) in [5.41, 5.74) is 2.77. The van der Waals surface area contributed by atoms with Gasteiger partial charge >= 0.3 is 0 Å². The third-order valence-corrected chi connectivity index (χ3v) is 5.68. The molecule has 5 rings (SSSR count). The smallest absolute Gasteiger partial charge is 0.199 e. The molecule has 3 aromatic rings. The van der Waals surface area contributed by atoms with Crippen molar-refractivity contribution in [3.63, 3.8) is 0 Å². The second-order valence-electron chi connectivity index (χ2n) is 7.34. The van der Waals surface area contributed by atoms with Gasteiger partial charge in [0.25, 0.3) is 0 Å². The Kier molecular flexibility index (Phi) is 4.34. The van der Waals surface area contributed by atoms with Crippen LogP contribution in [0.15, 0.2) is 72.8 Å². The molecule has 146 valence electrons. The number of benzene rings is 3. The highest BCUT2D eigenvalue weighted by molar-refractivity contribution is 6.03. The highest BCUT2D eigenvalue weighted by Gasteiger charge is 2.43. The van der Waals surface area contributed by atoms with Crippen LogP contribution in [0.2, 0.25) is 0 Å². The summed E-state index contributed by atoms with van der Waals surface area (Å²) in [5.74, 6) is 0.391. The molecule has 0 aromatic heterocycles. The number of para-hydroxylation sites is 1. The van der Waals surface area contributed by atoms with Crippen LogP contribution in [-0.2, 0) is 0 Å². The zero-order valence-electron chi connectivity index (χ0n) is 15.6. The van der Waals surface area contributed by atoms with Gasteiger partial charge in [0.15, 0.2) is 18.0 Å². The summed E-state index contributed by atoms with van der Waals surface area (Å²) in [6, 6.07) is 22.1. The first-order valence-electron chi connectivity index (χ1n) is 9.62. The SMILES string of the molecule is O=C1c2ccccc2OC(c2cccc3c2C(CO)C(c2ccccc2)O3)[C@@H]1O. The lowest BCUT2D eigenvalue weighted by Crippen LogP contribution is -2.36. The predicted molar refractivity (Wildman–Crippen MR) is 106 cm³/mol. The fourth-order valence-electron chi connectivity index (χ4n) is 4.31. The Morgan fingerprint density at radius 3 is 2.28 bits per heavy atom. The number of rotatable bonds is 3. The molecule has 3 aromatic carbocycles. The molecule has 0 spiro atoms. The number of carbonyl (C=O) groups is 1. The number of Topliss-reactive ketones (excluding diaryl/α,β-unsaturated/α-hetero) is 1. The van der Waals surface area contributed by atoms with Crippen LogP contribution in [0.1, 0.15) is 45.2 Å². The number of aliphatic hydroxyl groups is 2. The van der Waals surface area contributed by atoms with Crippen LogP contribution in [-0.4, -0.2) is 28.7 Å². The molecular formula is C24H20O5. The minimum atomic E-state index is -1.33. The first-order chi connectivity index (χ1) is 14.2. The Hall–Kier alpha value is -3.15. The topological polar surface area (TPSA) is 76.0 Å². The van der Waals surface area contributed by atoms with Gasteiger partial charge in [-0.3, -0.25) is 4.79 Å². The molecule has 2 aliphatic heterocycles. The van der Waals surface area contributed by atoms with E-state index in [1.807, 2.05) is 48.5 Å². The normalized spacial score (nSPS) is 25.0. The van der Waals surface area contributed by atoms with E-state index in [1.54, 1.807) is 24.3 Å². The van der Waals surface area contributed by atoms with Gasteiger partial charge in [-0.25, -0.2) is 0 Å². The monoisotopic (exact) mass is 388 g/mol. The van der Waals surface area contributed by atoms with Crippen molar-refractivity contribution in [3.05, 3.63) is 95.1 Å². The standard InChI is InChI=1S/C24H20O5/c25-13-17-20-16(24-22(27)21(26)15-9-4-5-11-18(15)28-24)10-6-12-19(20)29-23(17)14-7-2-1-3-8-14/h1-12,17,22-25,27H,13H2/t17?,22-,23?,24?/m1/s1. The summed E-state index contributed by atoms with van der Waals surface area (Å²) >= 11 is 0. The second kappa shape index (κ2) is 7.03. The quantitative estimate of drug-likeness (QED) is 0.717. The molecule has 0 bridgehead atoms. The summed E-state index contributed by atoms with van der Waals surface area (Å²) in [6.07, 6.45) is -2.54. The summed E-state index contributed by atoms with van der Waals surface area (Å²) < 4.78 is 12.2. The van der Waals surface area contributed by atoms with Crippen molar-refractivity contribution in [3.8, 4) is 11.5 Å². The van der Waals surface area contributed by atoms with E-state index in [0.717, 1.165) is 11.1 Å². The van der Waals surface area contributed by atoms with Gasteiger partial charge in [-0.1, -0.05) is 54.6 Å². The Bertz CT molecular complexity index is 1060. The van der Waals surface area contributed by atoms with Gasteiger partial charge in [-0.2, -0.15) is 0 Å². The fourth-order valence-corrected chi connectivity index (χ4v) is 4.31. The molecule has 0 saturated carbocycles. The van der Waals surface area contributed by atoms with Crippen LogP contribution in [0, 0.1) is 0 Å². The number of aliphatic hydroxyl groups excluding tert-OH is 2. The molecule has 5 nitrogen and oxygen atoms in total. The number of hydrogen-bond donors (Lipinski definition) is 2. The molecule has 29 heavy (non-hydrogen) atoms. The van der Waals surface area contributed by atoms with Crippen molar-refractivity contribution in [1.82, 2.24) is 0 Å². The molecule has 2 N–H and O–H groups in total. The largest absolute Gasteiger partial charge is 0.485 e. The third kappa shape index (κ3) is 2.82. The lowest BCUT2D eigenvalue weighted by Gasteiger charge is -2.31. The first-order valence-corrected chi connectivity index (χ1v) is 9.62. The molecule has 4 atom stereocenters. The predicted octanol–water partition coefficient (Wildman–Crippen LogP) is 3.57. The van der Waals surface area contributed by atoms with E-state index in [2.05, 4.69) is 0 Å². The number of carbonyl (C=O) groups excluding carboxylic acids is 1. The zero-order chi connectivity index (χ0) is 20.0. The van der Waals surface area contributed by atoms with Gasteiger partial charge < -0.3 is 19.7 Å². The van der Waals surface area contributed by atoms with Gasteiger partial charge in [0, 0.05) is 11.1 Å². The fraction of sp³-hybridized carbons (Fsp3) is 0.208. The van der Waals surface area contributed by atoms with Gasteiger partial charge in [0.05, 0.1) is 18.1 Å². The minimum absolute atomic E-state index is 0.128. The average molecular weight is 388 g/mol. The molecule has 0 aliphatic carbocycles. The Labute approximate surface area is 168 Å². The highest BCUT2D eigenvalue weighted by Crippen LogP contribution is 2.50. The molecule has 0 amide bonds. The summed E-state index contributed by atoms with van der Waals surface area (Å²) in [5, 5.41) is 20.9. The molecule has 0 fully saturated rings. The molecule has 2 heterocycles. The number of ketones is 1. The van der Waals surface area contributed by atoms with Crippen LogP contribution in [0.3, 0.4) is 0 Å². The minimum Gasteiger partial charge on any atom is -0.485 e. The molecule has 2 aliphatic rings. The average Bonchev–Trinajstić information content (AvgIpc) is 3.16. The maximum Gasteiger partial charge on any atom is 0.199 e. The zero-order valence-corrected chi connectivity index (χ0v) is 15.6. The van der Waals surface area contributed by atoms with Gasteiger partial charge in [-0.15, -0.1) is 0 Å². The summed E-state index contributed by atoms with van der Waals surface area (Å²) in [7, 11) is 0. The van der Waals surface area contributed by atoms with Crippen molar-refractivity contribution in [1.29, 1.82) is 0 Å². The van der Waals surface area contributed by atoms with Crippen LogP contribution in [0.5, 0.6) is 11.5 Å². The van der Waals surface area contributed by atoms with E-state index in [9.17, 15) is 15.0 Å². The van der Waals surface area contributed by atoms with Gasteiger partial charge in [0.2, 0.25) is 0 Å². The van der Waals surface area contributed by atoms with Crippen LogP contribution in [0.25, 0.3) is 0 Å². The van der Waals surface area contributed by atoms with E-state index in [-0.39, 0.29) is 24.4 Å². The van der Waals surface area contributed by atoms with Crippen molar-refractivity contribution < 1.29 is 24.5 Å². The summed E-state index contributed by atoms with van der Waals surface area (Å²) in [6.45, 7) is -0.128. The van der Waals surface area contributed by atoms with Gasteiger partial charge in [0.1, 0.15) is 17.6 Å². The number of ether oxygens (including phenoxy) is 2. The first kappa shape index (κ1) is 17.9. The third-order valence-electron chi connectivity index (χ3n) is 5.68. The van der Waals surface area contributed by atoms with Gasteiger partial charge in [-0.05, 0) is 23.8 Å². The van der Waals surface area contributed by atoms with Crippen molar-refractivity contribution >= 4 is 5.78 Å². The maximum absolute atomic E-state index is 12.7. The number of hydrogen-bond acceptors (Lipinski definition) is 5. The Balaban J connectivity index is 1.58. The van der Waals surface area contributed by atoms with Crippen molar-refractivity contribution in [2.24, 2.45) is 0 Å². The van der Waals surface area contributed by atoms with Crippen molar-refractivity contribution in [2.45, 2.75) is 24.2 Å². The maximum atomic E-state index is 12.7. The lowest BCUT2D eigenvalue weighted by atomic mass is 9.84. The molecule has 3 unspecified atom stereocenters. The van der Waals surface area contributed by atoms with Crippen LogP contribution >= 0.6 is 0 Å². The number of fused-ring (bicyclic) bond motifs is 2. The van der Waals surface area contributed by atoms with E-state index in [1.165, 1.54) is 0 Å². The Morgan fingerprint density at radius 1 is 0.793 bits per heavy atom. The molecule has 0 radical (unpaired) electrons. The van der Waals surface area contributed by atoms with Crippen molar-refractivity contribution in [2.75, 3.05) is 6.61 Å². The molecule has 5 heteroatoms. The molecular weight excluding hydrogens is 368 g/mol. The summed E-state index contributed by atoms with van der Waals surface area (Å²) in [4.78, 5) is 12.7. The van der Waals surface area contributed by atoms with E-state index in [4.69, 9.17) is 9.47 Å². The van der Waals surface area contributed by atoms with E-state index >= 15 is 0 Å². The molecule has 0 saturated heterocycles. The highest BCUT2D eigenvalue weighted by atomic mass is 16.5.